The third-order valence-corrected chi connectivity index (χ3v) is 2.92. The molecule has 18 heavy (non-hydrogen) atoms. The molecule has 0 aliphatic rings. The maximum absolute atomic E-state index is 11.8. The largest absolute Gasteiger partial charge is 0.316 e. The smallest absolute Gasteiger partial charge is 0.229 e. The van der Waals surface area contributed by atoms with Gasteiger partial charge in [0.25, 0.3) is 0 Å². The Hall–Kier alpha value is -1.84. The van der Waals surface area contributed by atoms with E-state index in [1.807, 2.05) is 38.1 Å². The summed E-state index contributed by atoms with van der Waals surface area (Å²) in [6.07, 6.45) is 0. The Bertz CT molecular complexity index is 438. The highest BCUT2D eigenvalue weighted by atomic mass is 16.2. The first-order valence-corrected chi connectivity index (χ1v) is 5.96. The molecule has 0 atom stereocenters. The molecule has 4 nitrogen and oxygen atoms in total. The van der Waals surface area contributed by atoms with Gasteiger partial charge < -0.3 is 9.80 Å². The summed E-state index contributed by atoms with van der Waals surface area (Å²) in [4.78, 5) is 26.2. The summed E-state index contributed by atoms with van der Waals surface area (Å²) in [5.74, 6) is 0.0200. The van der Waals surface area contributed by atoms with Gasteiger partial charge in [-0.3, -0.25) is 9.59 Å². The highest BCUT2D eigenvalue weighted by Gasteiger charge is 2.14. The highest BCUT2D eigenvalue weighted by molar-refractivity contribution is 5.95. The fourth-order valence-corrected chi connectivity index (χ4v) is 1.60. The van der Waals surface area contributed by atoms with Crippen LogP contribution in [0.1, 0.15) is 20.8 Å². The Labute approximate surface area is 108 Å². The van der Waals surface area contributed by atoms with Crippen molar-refractivity contribution in [1.82, 2.24) is 0 Å². The van der Waals surface area contributed by atoms with Crippen molar-refractivity contribution in [2.24, 2.45) is 5.92 Å². The van der Waals surface area contributed by atoms with E-state index in [-0.39, 0.29) is 17.7 Å². The standard InChI is InChI=1S/C14H20N2O2/c1-10(2)14(18)16(5)13-8-6-12(7-9-13)15(4)11(3)17/h6-10H,1-5H3. The maximum Gasteiger partial charge on any atom is 0.229 e. The second kappa shape index (κ2) is 5.67. The Morgan fingerprint density at radius 2 is 1.33 bits per heavy atom. The van der Waals surface area contributed by atoms with Crippen molar-refractivity contribution in [3.05, 3.63) is 24.3 Å². The number of amides is 2. The van der Waals surface area contributed by atoms with Crippen LogP contribution in [0.15, 0.2) is 24.3 Å². The van der Waals surface area contributed by atoms with Crippen LogP contribution in [-0.4, -0.2) is 25.9 Å². The molecule has 0 saturated carbocycles. The molecule has 0 aromatic heterocycles. The Kier molecular flexibility index (Phi) is 4.48. The third kappa shape index (κ3) is 3.09. The van der Waals surface area contributed by atoms with Crippen molar-refractivity contribution in [3.63, 3.8) is 0 Å². The molecule has 0 spiro atoms. The second-order valence-electron chi connectivity index (χ2n) is 4.65. The van der Waals surface area contributed by atoms with Crippen molar-refractivity contribution >= 4 is 23.2 Å². The molecule has 0 saturated heterocycles. The number of nitrogens with zero attached hydrogens (tertiary/aromatic N) is 2. The average molecular weight is 248 g/mol. The Morgan fingerprint density at radius 1 is 0.944 bits per heavy atom. The minimum atomic E-state index is -0.0328. The first kappa shape index (κ1) is 14.2. The predicted molar refractivity (Wildman–Crippen MR) is 73.8 cm³/mol. The topological polar surface area (TPSA) is 40.6 Å². The van der Waals surface area contributed by atoms with Gasteiger partial charge in [-0.2, -0.15) is 0 Å². The monoisotopic (exact) mass is 248 g/mol. The molecule has 2 amide bonds. The van der Waals surface area contributed by atoms with E-state index in [2.05, 4.69) is 0 Å². The van der Waals surface area contributed by atoms with E-state index in [1.165, 1.54) is 6.92 Å². The number of anilines is 2. The normalized spacial score (nSPS) is 10.3. The van der Waals surface area contributed by atoms with E-state index < -0.39 is 0 Å². The third-order valence-electron chi connectivity index (χ3n) is 2.92. The van der Waals surface area contributed by atoms with E-state index in [4.69, 9.17) is 0 Å². The SMILES string of the molecule is CC(=O)N(C)c1ccc(N(C)C(=O)C(C)C)cc1. The van der Waals surface area contributed by atoms with E-state index in [9.17, 15) is 9.59 Å². The van der Waals surface area contributed by atoms with Crippen LogP contribution in [0, 0.1) is 5.92 Å². The Morgan fingerprint density at radius 3 is 1.67 bits per heavy atom. The molecule has 98 valence electrons. The van der Waals surface area contributed by atoms with Crippen molar-refractivity contribution in [2.75, 3.05) is 23.9 Å². The number of benzene rings is 1. The predicted octanol–water partition coefficient (Wildman–Crippen LogP) is 2.29. The van der Waals surface area contributed by atoms with Gasteiger partial charge in [-0.25, -0.2) is 0 Å². The molecular formula is C14H20N2O2. The van der Waals surface area contributed by atoms with Crippen molar-refractivity contribution < 1.29 is 9.59 Å². The molecule has 0 heterocycles. The van der Waals surface area contributed by atoms with Gasteiger partial charge in [-0.05, 0) is 24.3 Å². The molecule has 4 heteroatoms. The van der Waals surface area contributed by atoms with Crippen LogP contribution in [0.5, 0.6) is 0 Å². The molecule has 0 aliphatic carbocycles. The van der Waals surface area contributed by atoms with Gasteiger partial charge in [0.1, 0.15) is 0 Å². The van der Waals surface area contributed by atoms with Crippen molar-refractivity contribution in [1.29, 1.82) is 0 Å². The molecule has 1 aromatic rings. The first-order chi connectivity index (χ1) is 8.34. The van der Waals surface area contributed by atoms with E-state index >= 15 is 0 Å². The minimum Gasteiger partial charge on any atom is -0.316 e. The lowest BCUT2D eigenvalue weighted by Gasteiger charge is -2.21. The molecule has 1 rings (SSSR count). The fraction of sp³-hybridized carbons (Fsp3) is 0.429. The van der Waals surface area contributed by atoms with Gasteiger partial charge in [0.05, 0.1) is 0 Å². The number of carbonyl (C=O) groups excluding carboxylic acids is 2. The van der Waals surface area contributed by atoms with E-state index in [1.54, 1.807) is 23.9 Å². The van der Waals surface area contributed by atoms with Crippen molar-refractivity contribution in [2.45, 2.75) is 20.8 Å². The minimum absolute atomic E-state index is 0.0191. The van der Waals surface area contributed by atoms with Crippen LogP contribution in [-0.2, 0) is 9.59 Å². The van der Waals surface area contributed by atoms with Gasteiger partial charge in [0, 0.05) is 38.3 Å². The van der Waals surface area contributed by atoms with Crippen molar-refractivity contribution in [3.8, 4) is 0 Å². The van der Waals surface area contributed by atoms with Crippen LogP contribution < -0.4 is 9.80 Å². The summed E-state index contributed by atoms with van der Waals surface area (Å²) in [5, 5.41) is 0. The first-order valence-electron chi connectivity index (χ1n) is 5.96. The van der Waals surface area contributed by atoms with E-state index in [0.29, 0.717) is 0 Å². The molecule has 0 aliphatic heterocycles. The second-order valence-corrected chi connectivity index (χ2v) is 4.65. The molecular weight excluding hydrogens is 228 g/mol. The quantitative estimate of drug-likeness (QED) is 0.823. The van der Waals surface area contributed by atoms with Crippen LogP contribution in [0.25, 0.3) is 0 Å². The summed E-state index contributed by atoms with van der Waals surface area (Å²) in [6, 6.07) is 7.35. The van der Waals surface area contributed by atoms with Crippen LogP contribution >= 0.6 is 0 Å². The molecule has 0 radical (unpaired) electrons. The van der Waals surface area contributed by atoms with Gasteiger partial charge in [-0.15, -0.1) is 0 Å². The zero-order valence-corrected chi connectivity index (χ0v) is 11.6. The highest BCUT2D eigenvalue weighted by Crippen LogP contribution is 2.20. The Balaban J connectivity index is 2.89. The lowest BCUT2D eigenvalue weighted by atomic mass is 10.1. The summed E-state index contributed by atoms with van der Waals surface area (Å²) >= 11 is 0. The molecule has 0 bridgehead atoms. The molecule has 0 fully saturated rings. The summed E-state index contributed by atoms with van der Waals surface area (Å²) < 4.78 is 0. The molecule has 0 N–H and O–H groups in total. The van der Waals surface area contributed by atoms with Gasteiger partial charge in [0.2, 0.25) is 11.8 Å². The number of hydrogen-bond acceptors (Lipinski definition) is 2. The van der Waals surface area contributed by atoms with Crippen LogP contribution in [0.4, 0.5) is 11.4 Å². The summed E-state index contributed by atoms with van der Waals surface area (Å²) in [7, 11) is 3.48. The van der Waals surface area contributed by atoms with Gasteiger partial charge in [0.15, 0.2) is 0 Å². The summed E-state index contributed by atoms with van der Waals surface area (Å²) in [6.45, 7) is 5.26. The number of carbonyl (C=O) groups is 2. The van der Waals surface area contributed by atoms with Crippen LogP contribution in [0.2, 0.25) is 0 Å². The average Bonchev–Trinajstić information content (AvgIpc) is 2.36. The number of rotatable bonds is 3. The zero-order chi connectivity index (χ0) is 13.9. The van der Waals surface area contributed by atoms with Gasteiger partial charge >= 0.3 is 0 Å². The lowest BCUT2D eigenvalue weighted by Crippen LogP contribution is -2.30. The maximum atomic E-state index is 11.8. The molecule has 1 aromatic carbocycles. The lowest BCUT2D eigenvalue weighted by molar-refractivity contribution is -0.121. The fourth-order valence-electron chi connectivity index (χ4n) is 1.60. The molecule has 0 unspecified atom stereocenters. The zero-order valence-electron chi connectivity index (χ0n) is 11.6. The van der Waals surface area contributed by atoms with Crippen LogP contribution in [0.3, 0.4) is 0 Å². The number of hydrogen-bond donors (Lipinski definition) is 0. The summed E-state index contributed by atoms with van der Waals surface area (Å²) in [5.41, 5.74) is 1.64. The van der Waals surface area contributed by atoms with E-state index in [0.717, 1.165) is 11.4 Å². The van der Waals surface area contributed by atoms with Gasteiger partial charge in [-0.1, -0.05) is 13.8 Å².